The molecule has 1 aromatic carbocycles. The molecule has 1 unspecified atom stereocenters. The smallest absolute Gasteiger partial charge is 0.309 e. The molecule has 0 spiro atoms. The van der Waals surface area contributed by atoms with Crippen LogP contribution in [0.2, 0.25) is 5.02 Å². The van der Waals surface area contributed by atoms with E-state index in [9.17, 15) is 18.0 Å². The van der Waals surface area contributed by atoms with Crippen LogP contribution in [-0.2, 0) is 24.1 Å². The molecule has 1 fully saturated rings. The number of hydrogen-bond acceptors (Lipinski definition) is 3. The molecule has 2 heterocycles. The Kier molecular flexibility index (Phi) is 5.79. The number of anilines is 1. The first-order valence-corrected chi connectivity index (χ1v) is 10.3. The summed E-state index contributed by atoms with van der Waals surface area (Å²) >= 11 is 5.99. The lowest BCUT2D eigenvalue weighted by Crippen LogP contribution is -2.26. The molecule has 1 aliphatic rings. The Morgan fingerprint density at radius 3 is 2.71 bits per heavy atom. The van der Waals surface area contributed by atoms with Crippen LogP contribution in [0.25, 0.3) is 0 Å². The summed E-state index contributed by atoms with van der Waals surface area (Å²) in [5.74, 6) is -0.464. The van der Waals surface area contributed by atoms with Gasteiger partial charge < -0.3 is 5.32 Å². The van der Waals surface area contributed by atoms with Crippen molar-refractivity contribution in [2.45, 2.75) is 44.9 Å². The van der Waals surface area contributed by atoms with E-state index in [1.54, 1.807) is 29.9 Å². The number of benzene rings is 1. The number of carbonyl (C=O) groups excluding carboxylic acids is 1. The van der Waals surface area contributed by atoms with Crippen molar-refractivity contribution >= 4 is 23.3 Å². The molecular weight excluding hydrogens is 431 g/mol. The van der Waals surface area contributed by atoms with Gasteiger partial charge in [-0.2, -0.15) is 23.4 Å². The molecule has 1 saturated carbocycles. The van der Waals surface area contributed by atoms with Gasteiger partial charge in [0.25, 0.3) is 0 Å². The van der Waals surface area contributed by atoms with Crippen molar-refractivity contribution in [3.63, 3.8) is 0 Å². The van der Waals surface area contributed by atoms with E-state index in [2.05, 4.69) is 15.5 Å². The van der Waals surface area contributed by atoms with Gasteiger partial charge in [0.15, 0.2) is 11.5 Å². The van der Waals surface area contributed by atoms with Crippen LogP contribution in [0.5, 0.6) is 0 Å². The molecule has 1 atom stereocenters. The fourth-order valence-corrected chi connectivity index (χ4v) is 3.57. The normalized spacial score (nSPS) is 15.1. The number of carbonyl (C=O) groups is 1. The maximum absolute atomic E-state index is 13.1. The van der Waals surface area contributed by atoms with Gasteiger partial charge in [-0.3, -0.25) is 14.2 Å². The number of alkyl halides is 3. The summed E-state index contributed by atoms with van der Waals surface area (Å²) < 4.78 is 42.2. The molecule has 1 N–H and O–H groups in total. The van der Waals surface area contributed by atoms with Crippen LogP contribution in [0.3, 0.4) is 0 Å². The van der Waals surface area contributed by atoms with Gasteiger partial charge in [-0.25, -0.2) is 0 Å². The molecule has 10 heteroatoms. The highest BCUT2D eigenvalue weighted by atomic mass is 35.5. The second-order valence-corrected chi connectivity index (χ2v) is 8.26. The number of amides is 1. The minimum absolute atomic E-state index is 0.0664. The first kappa shape index (κ1) is 21.4. The molecule has 0 saturated heterocycles. The Labute approximate surface area is 182 Å². The molecule has 4 rings (SSSR count). The predicted octanol–water partition coefficient (Wildman–Crippen LogP) is 4.95. The maximum Gasteiger partial charge on any atom is 0.435 e. The molecule has 0 radical (unpaired) electrons. The third kappa shape index (κ3) is 5.28. The number of rotatable bonds is 7. The average molecular weight is 452 g/mol. The lowest BCUT2D eigenvalue weighted by Gasteiger charge is -2.13. The van der Waals surface area contributed by atoms with E-state index in [1.165, 1.54) is 4.68 Å². The van der Waals surface area contributed by atoms with E-state index in [0.717, 1.165) is 24.5 Å². The highest BCUT2D eigenvalue weighted by Crippen LogP contribution is 2.42. The lowest BCUT2D eigenvalue weighted by molar-refractivity contribution is -0.141. The summed E-state index contributed by atoms with van der Waals surface area (Å²) in [5.41, 5.74) is 0.591. The molecule has 1 aliphatic carbocycles. The zero-order chi connectivity index (χ0) is 22.2. The summed E-state index contributed by atoms with van der Waals surface area (Å²) in [6.07, 6.45) is -1.09. The summed E-state index contributed by atoms with van der Waals surface area (Å²) in [5, 5.41) is 11.4. The quantitative estimate of drug-likeness (QED) is 0.552. The van der Waals surface area contributed by atoms with Crippen molar-refractivity contribution < 1.29 is 18.0 Å². The molecular formula is C21H21ClF3N5O. The number of hydrogen-bond donors (Lipinski definition) is 1. The number of nitrogens with zero attached hydrogens (tertiary/aromatic N) is 4. The first-order chi connectivity index (χ1) is 14.7. The van der Waals surface area contributed by atoms with Gasteiger partial charge in [-0.15, -0.1) is 0 Å². The van der Waals surface area contributed by atoms with E-state index in [1.807, 2.05) is 18.2 Å². The van der Waals surface area contributed by atoms with Gasteiger partial charge in [-0.1, -0.05) is 30.7 Å². The van der Waals surface area contributed by atoms with Crippen molar-refractivity contribution in [3.05, 3.63) is 64.6 Å². The fraction of sp³-hybridized carbons (Fsp3) is 0.381. The van der Waals surface area contributed by atoms with Crippen LogP contribution < -0.4 is 5.32 Å². The minimum Gasteiger partial charge on any atom is -0.309 e. The van der Waals surface area contributed by atoms with Crippen molar-refractivity contribution in [2.24, 2.45) is 5.92 Å². The second-order valence-electron chi connectivity index (χ2n) is 7.83. The van der Waals surface area contributed by atoms with Crippen LogP contribution in [0.4, 0.5) is 19.0 Å². The Bertz CT molecular complexity index is 1090. The molecule has 164 valence electrons. The Morgan fingerprint density at radius 2 is 2.03 bits per heavy atom. The summed E-state index contributed by atoms with van der Waals surface area (Å²) in [4.78, 5) is 12.6. The molecule has 3 aromatic rings. The van der Waals surface area contributed by atoms with Gasteiger partial charge >= 0.3 is 6.18 Å². The van der Waals surface area contributed by atoms with Crippen LogP contribution in [0.1, 0.15) is 42.6 Å². The third-order valence-corrected chi connectivity index (χ3v) is 5.35. The van der Waals surface area contributed by atoms with Gasteiger partial charge in [0.05, 0.1) is 19.0 Å². The van der Waals surface area contributed by atoms with Crippen LogP contribution in [-0.4, -0.2) is 25.5 Å². The second kappa shape index (κ2) is 8.37. The number of halogens is 4. The molecule has 0 aliphatic heterocycles. The Hall–Kier alpha value is -2.81. The van der Waals surface area contributed by atoms with Crippen LogP contribution >= 0.6 is 11.6 Å². The van der Waals surface area contributed by atoms with E-state index in [-0.39, 0.29) is 18.4 Å². The van der Waals surface area contributed by atoms with E-state index in [4.69, 9.17) is 11.6 Å². The Morgan fingerprint density at radius 1 is 1.26 bits per heavy atom. The number of nitrogens with one attached hydrogen (secondary N) is 1. The fourth-order valence-electron chi connectivity index (χ4n) is 3.35. The average Bonchev–Trinajstić information content (AvgIpc) is 3.30. The molecule has 31 heavy (non-hydrogen) atoms. The standard InChI is InChI=1S/C21H21ClF3N5O/c1-13(11-30-17(15-5-6-15)10-18(27-30)21(23,24)25)20(31)26-19-7-8-29(28-19)12-14-3-2-4-16(22)9-14/h2-4,7-10,13,15H,5-6,11-12H2,1H3,(H,26,28,31). The summed E-state index contributed by atoms with van der Waals surface area (Å²) in [6, 6.07) is 10.2. The predicted molar refractivity (Wildman–Crippen MR) is 110 cm³/mol. The highest BCUT2D eigenvalue weighted by Gasteiger charge is 2.38. The van der Waals surface area contributed by atoms with E-state index < -0.39 is 17.8 Å². The van der Waals surface area contributed by atoms with Crippen LogP contribution in [0.15, 0.2) is 42.6 Å². The lowest BCUT2D eigenvalue weighted by atomic mass is 10.1. The van der Waals surface area contributed by atoms with Gasteiger partial charge in [0.1, 0.15) is 0 Å². The van der Waals surface area contributed by atoms with Crippen molar-refractivity contribution in [3.8, 4) is 0 Å². The maximum atomic E-state index is 13.1. The van der Waals surface area contributed by atoms with Crippen molar-refractivity contribution in [1.29, 1.82) is 0 Å². The van der Waals surface area contributed by atoms with Gasteiger partial charge in [0.2, 0.25) is 5.91 Å². The van der Waals surface area contributed by atoms with Gasteiger partial charge in [-0.05, 0) is 36.6 Å². The topological polar surface area (TPSA) is 64.7 Å². The zero-order valence-corrected chi connectivity index (χ0v) is 17.5. The number of aromatic nitrogens is 4. The van der Waals surface area contributed by atoms with Gasteiger partial charge in [0, 0.05) is 28.9 Å². The van der Waals surface area contributed by atoms with Crippen molar-refractivity contribution in [2.75, 3.05) is 5.32 Å². The van der Waals surface area contributed by atoms with Crippen molar-refractivity contribution in [1.82, 2.24) is 19.6 Å². The molecule has 0 bridgehead atoms. The largest absolute Gasteiger partial charge is 0.435 e. The van der Waals surface area contributed by atoms with E-state index >= 15 is 0 Å². The first-order valence-electron chi connectivity index (χ1n) is 9.93. The monoisotopic (exact) mass is 451 g/mol. The summed E-state index contributed by atoms with van der Waals surface area (Å²) in [7, 11) is 0. The molecule has 2 aromatic heterocycles. The molecule has 6 nitrogen and oxygen atoms in total. The highest BCUT2D eigenvalue weighted by molar-refractivity contribution is 6.30. The van der Waals surface area contributed by atoms with E-state index in [0.29, 0.717) is 23.1 Å². The molecule has 1 amide bonds. The minimum atomic E-state index is -4.50. The third-order valence-electron chi connectivity index (χ3n) is 5.12. The Balaban J connectivity index is 1.39. The SMILES string of the molecule is CC(Cn1nc(C(F)(F)F)cc1C1CC1)C(=O)Nc1ccn(Cc2cccc(Cl)c2)n1. The summed E-state index contributed by atoms with van der Waals surface area (Å²) in [6.45, 7) is 2.21. The zero-order valence-electron chi connectivity index (χ0n) is 16.7. The van der Waals surface area contributed by atoms with Crippen LogP contribution in [0, 0.1) is 5.92 Å².